The van der Waals surface area contributed by atoms with Crippen LogP contribution in [-0.2, 0) is 6.54 Å². The summed E-state index contributed by atoms with van der Waals surface area (Å²) in [5.74, 6) is -0.0895. The number of nitro groups is 1. The molecule has 0 unspecified atom stereocenters. The van der Waals surface area contributed by atoms with E-state index in [1.54, 1.807) is 6.07 Å². The van der Waals surface area contributed by atoms with Crippen LogP contribution in [0.15, 0.2) is 33.4 Å². The van der Waals surface area contributed by atoms with Crippen LogP contribution in [0.25, 0.3) is 0 Å². The van der Waals surface area contributed by atoms with Crippen molar-refractivity contribution in [1.82, 2.24) is 5.16 Å². The van der Waals surface area contributed by atoms with Crippen molar-refractivity contribution in [1.29, 1.82) is 0 Å². The van der Waals surface area contributed by atoms with Gasteiger partial charge in [0.1, 0.15) is 11.5 Å². The number of hydrogen-bond donors (Lipinski definition) is 1. The first-order valence-electron chi connectivity index (χ1n) is 4.85. The highest BCUT2D eigenvalue weighted by Gasteiger charge is 2.17. The second-order valence-corrected chi connectivity index (χ2v) is 4.23. The van der Waals surface area contributed by atoms with E-state index in [4.69, 9.17) is 4.52 Å². The van der Waals surface area contributed by atoms with Crippen LogP contribution in [0.4, 0.5) is 15.8 Å². The predicted molar refractivity (Wildman–Crippen MR) is 64.6 cm³/mol. The van der Waals surface area contributed by atoms with Crippen molar-refractivity contribution in [2.75, 3.05) is 5.32 Å². The molecule has 0 saturated heterocycles. The maximum Gasteiger partial charge on any atom is 0.293 e. The fourth-order valence-corrected chi connectivity index (χ4v) is 1.68. The molecule has 1 N–H and O–H groups in total. The first kappa shape index (κ1) is 12.5. The lowest BCUT2D eigenvalue weighted by atomic mass is 10.2. The van der Waals surface area contributed by atoms with Crippen molar-refractivity contribution < 1.29 is 13.8 Å². The average Bonchev–Trinajstić information content (AvgIpc) is 2.83. The van der Waals surface area contributed by atoms with Crippen LogP contribution in [0.1, 0.15) is 5.76 Å². The van der Waals surface area contributed by atoms with E-state index in [0.29, 0.717) is 5.76 Å². The normalized spacial score (nSPS) is 10.3. The third kappa shape index (κ3) is 2.65. The van der Waals surface area contributed by atoms with Gasteiger partial charge in [-0.15, -0.1) is 0 Å². The van der Waals surface area contributed by atoms with Gasteiger partial charge < -0.3 is 9.84 Å². The van der Waals surface area contributed by atoms with E-state index in [1.807, 2.05) is 0 Å². The Bertz CT molecular complexity index is 574. The van der Waals surface area contributed by atoms with E-state index in [-0.39, 0.29) is 22.4 Å². The molecule has 0 amide bonds. The van der Waals surface area contributed by atoms with Gasteiger partial charge in [-0.1, -0.05) is 5.16 Å². The third-order valence-electron chi connectivity index (χ3n) is 2.18. The summed E-state index contributed by atoms with van der Waals surface area (Å²) >= 11 is 2.90. The number of rotatable bonds is 4. The molecule has 0 fully saturated rings. The Balaban J connectivity index is 2.25. The van der Waals surface area contributed by atoms with Crippen LogP contribution in [0.2, 0.25) is 0 Å². The van der Waals surface area contributed by atoms with Gasteiger partial charge in [-0.2, -0.15) is 0 Å². The SMILES string of the molecule is O=[N+]([O-])c1cc(Br)c(F)cc1NCc1ccno1. The summed E-state index contributed by atoms with van der Waals surface area (Å²) in [4.78, 5) is 10.2. The summed E-state index contributed by atoms with van der Waals surface area (Å²) in [7, 11) is 0. The summed E-state index contributed by atoms with van der Waals surface area (Å²) in [5, 5.41) is 17.1. The quantitative estimate of drug-likeness (QED) is 0.692. The van der Waals surface area contributed by atoms with Gasteiger partial charge in [0.05, 0.1) is 22.1 Å². The van der Waals surface area contributed by atoms with E-state index < -0.39 is 10.7 Å². The van der Waals surface area contributed by atoms with Gasteiger partial charge in [-0.25, -0.2) is 4.39 Å². The molecule has 2 aromatic rings. The zero-order chi connectivity index (χ0) is 13.1. The van der Waals surface area contributed by atoms with E-state index in [9.17, 15) is 14.5 Å². The largest absolute Gasteiger partial charge is 0.372 e. The average molecular weight is 316 g/mol. The topological polar surface area (TPSA) is 81.2 Å². The summed E-state index contributed by atoms with van der Waals surface area (Å²) < 4.78 is 18.2. The van der Waals surface area contributed by atoms with Crippen LogP contribution in [-0.4, -0.2) is 10.1 Å². The van der Waals surface area contributed by atoms with Crippen molar-refractivity contribution in [2.24, 2.45) is 0 Å². The highest BCUT2D eigenvalue weighted by molar-refractivity contribution is 9.10. The summed E-state index contributed by atoms with van der Waals surface area (Å²) in [6.07, 6.45) is 1.45. The molecule has 1 heterocycles. The van der Waals surface area contributed by atoms with Crippen LogP contribution in [0.3, 0.4) is 0 Å². The Morgan fingerprint density at radius 1 is 1.56 bits per heavy atom. The van der Waals surface area contributed by atoms with Crippen molar-refractivity contribution in [3.63, 3.8) is 0 Å². The lowest BCUT2D eigenvalue weighted by Crippen LogP contribution is -2.03. The van der Waals surface area contributed by atoms with Crippen molar-refractivity contribution in [3.8, 4) is 0 Å². The molecular formula is C10H7BrFN3O3. The van der Waals surface area contributed by atoms with Crippen molar-refractivity contribution in [3.05, 3.63) is 50.6 Å². The Morgan fingerprint density at radius 3 is 2.94 bits per heavy atom. The molecule has 0 aliphatic carbocycles. The maximum absolute atomic E-state index is 13.3. The molecule has 0 aliphatic heterocycles. The van der Waals surface area contributed by atoms with E-state index in [0.717, 1.165) is 12.1 Å². The number of nitrogens with zero attached hydrogens (tertiary/aromatic N) is 2. The van der Waals surface area contributed by atoms with Gasteiger partial charge in [-0.05, 0) is 15.9 Å². The number of halogens is 2. The highest BCUT2D eigenvalue weighted by Crippen LogP contribution is 2.30. The lowest BCUT2D eigenvalue weighted by molar-refractivity contribution is -0.384. The number of benzene rings is 1. The predicted octanol–water partition coefficient (Wildman–Crippen LogP) is 3.10. The molecule has 0 aliphatic rings. The number of nitrogens with one attached hydrogen (secondary N) is 1. The van der Waals surface area contributed by atoms with E-state index in [2.05, 4.69) is 26.4 Å². The van der Waals surface area contributed by atoms with E-state index >= 15 is 0 Å². The van der Waals surface area contributed by atoms with Gasteiger partial charge >= 0.3 is 0 Å². The minimum absolute atomic E-state index is 0.0411. The third-order valence-corrected chi connectivity index (χ3v) is 2.79. The van der Waals surface area contributed by atoms with Gasteiger partial charge in [0, 0.05) is 18.2 Å². The Hall–Kier alpha value is -1.96. The number of hydrogen-bond acceptors (Lipinski definition) is 5. The van der Waals surface area contributed by atoms with Crippen LogP contribution in [0.5, 0.6) is 0 Å². The molecule has 0 saturated carbocycles. The molecule has 1 aromatic carbocycles. The molecule has 0 radical (unpaired) electrons. The Labute approximate surface area is 109 Å². The van der Waals surface area contributed by atoms with Crippen LogP contribution < -0.4 is 5.32 Å². The molecule has 8 heteroatoms. The second kappa shape index (κ2) is 5.13. The first-order valence-corrected chi connectivity index (χ1v) is 5.64. The van der Waals surface area contributed by atoms with Gasteiger partial charge in [0.25, 0.3) is 5.69 Å². The zero-order valence-electron chi connectivity index (χ0n) is 8.89. The molecular weight excluding hydrogens is 309 g/mol. The lowest BCUT2D eigenvalue weighted by Gasteiger charge is -2.06. The minimum Gasteiger partial charge on any atom is -0.372 e. The van der Waals surface area contributed by atoms with Crippen molar-refractivity contribution >= 4 is 27.3 Å². The number of aromatic nitrogens is 1. The Kier molecular flexibility index (Phi) is 3.56. The second-order valence-electron chi connectivity index (χ2n) is 3.37. The zero-order valence-corrected chi connectivity index (χ0v) is 10.5. The fourth-order valence-electron chi connectivity index (χ4n) is 1.34. The maximum atomic E-state index is 13.3. The molecule has 94 valence electrons. The monoisotopic (exact) mass is 315 g/mol. The number of nitro benzene ring substituents is 1. The molecule has 0 atom stereocenters. The highest BCUT2D eigenvalue weighted by atomic mass is 79.9. The minimum atomic E-state index is -0.590. The summed E-state index contributed by atoms with van der Waals surface area (Å²) in [6.45, 7) is 0.182. The van der Waals surface area contributed by atoms with Crippen molar-refractivity contribution in [2.45, 2.75) is 6.54 Å². The molecule has 1 aromatic heterocycles. The standard InChI is InChI=1S/C10H7BrFN3O3/c11-7-3-10(15(16)17)9(4-8(7)12)13-5-6-1-2-14-18-6/h1-4,13H,5H2. The number of anilines is 1. The van der Waals surface area contributed by atoms with Crippen LogP contribution in [0, 0.1) is 15.9 Å². The smallest absolute Gasteiger partial charge is 0.293 e. The summed E-state index contributed by atoms with van der Waals surface area (Å²) in [5.41, 5.74) is -0.139. The molecule has 0 spiro atoms. The van der Waals surface area contributed by atoms with Crippen LogP contribution >= 0.6 is 15.9 Å². The fraction of sp³-hybridized carbons (Fsp3) is 0.100. The van der Waals surface area contributed by atoms with Gasteiger partial charge in [0.15, 0.2) is 5.76 Å². The molecule has 0 bridgehead atoms. The first-order chi connectivity index (χ1) is 8.58. The van der Waals surface area contributed by atoms with E-state index in [1.165, 1.54) is 6.20 Å². The molecule has 2 rings (SSSR count). The van der Waals surface area contributed by atoms with Gasteiger partial charge in [0.2, 0.25) is 0 Å². The Morgan fingerprint density at radius 2 is 2.33 bits per heavy atom. The summed E-state index contributed by atoms with van der Waals surface area (Å²) in [6, 6.07) is 3.77. The molecule has 18 heavy (non-hydrogen) atoms. The van der Waals surface area contributed by atoms with Gasteiger partial charge in [-0.3, -0.25) is 10.1 Å². The molecule has 6 nitrogen and oxygen atoms in total.